The first-order valence-corrected chi connectivity index (χ1v) is 7.58. The lowest BCUT2D eigenvalue weighted by atomic mass is 10.1. The summed E-state index contributed by atoms with van der Waals surface area (Å²) in [6.07, 6.45) is -0.0516. The molecule has 3 aliphatic rings. The van der Waals surface area contributed by atoms with Gasteiger partial charge in [-0.1, -0.05) is 15.9 Å². The smallest absolute Gasteiger partial charge is 0.491 e. The Morgan fingerprint density at radius 2 is 1.90 bits per heavy atom. The first kappa shape index (κ1) is 14.3. The maximum atomic E-state index is 5.79. The predicted molar refractivity (Wildman–Crippen MR) is 78.6 cm³/mol. The highest BCUT2D eigenvalue weighted by molar-refractivity contribution is 9.10. The van der Waals surface area contributed by atoms with Crippen LogP contribution in [0.3, 0.4) is 0 Å². The van der Waals surface area contributed by atoms with Gasteiger partial charge in [0.05, 0.1) is 6.10 Å². The average molecular weight is 342 g/mol. The van der Waals surface area contributed by atoms with Gasteiger partial charge in [-0.25, -0.2) is 0 Å². The van der Waals surface area contributed by atoms with Crippen LogP contribution in [0.2, 0.25) is 0 Å². The Kier molecular flexibility index (Phi) is 4.96. The Morgan fingerprint density at radius 3 is 2.60 bits per heavy atom. The molecule has 0 amide bonds. The molecule has 3 fully saturated rings. The molecular weight excluding hydrogens is 325 g/mol. The molecule has 2 bridgehead atoms. The molecule has 108 valence electrons. The Bertz CT molecular complexity index is 409. The van der Waals surface area contributed by atoms with Gasteiger partial charge in [0.1, 0.15) is 12.4 Å². The van der Waals surface area contributed by atoms with Crippen molar-refractivity contribution < 1.29 is 18.7 Å². The number of ether oxygens (including phenoxy) is 1. The van der Waals surface area contributed by atoms with Crippen molar-refractivity contribution in [1.29, 1.82) is 0 Å². The fourth-order valence-electron chi connectivity index (χ4n) is 2.28. The molecular formula is C13H17BBrNO4. The normalized spacial score (nSPS) is 26.8. The van der Waals surface area contributed by atoms with Crippen molar-refractivity contribution in [2.24, 2.45) is 0 Å². The van der Waals surface area contributed by atoms with Gasteiger partial charge >= 0.3 is 7.32 Å². The third-order valence-corrected chi connectivity index (χ3v) is 3.87. The zero-order valence-electron chi connectivity index (χ0n) is 11.2. The minimum atomic E-state index is -0.559. The van der Waals surface area contributed by atoms with Gasteiger partial charge in [-0.05, 0) is 24.3 Å². The van der Waals surface area contributed by atoms with Crippen molar-refractivity contribution in [3.8, 4) is 5.75 Å². The van der Waals surface area contributed by atoms with E-state index in [9.17, 15) is 0 Å². The van der Waals surface area contributed by atoms with Crippen molar-refractivity contribution in [2.45, 2.75) is 6.10 Å². The van der Waals surface area contributed by atoms with Crippen LogP contribution in [0.15, 0.2) is 28.7 Å². The molecule has 7 heteroatoms. The average Bonchev–Trinajstić information content (AvgIpc) is 2.37. The zero-order chi connectivity index (χ0) is 13.8. The fraction of sp³-hybridized carbons (Fsp3) is 0.538. The molecule has 0 aromatic heterocycles. The van der Waals surface area contributed by atoms with Crippen LogP contribution in [0.4, 0.5) is 0 Å². The lowest BCUT2D eigenvalue weighted by Crippen LogP contribution is -2.51. The topological polar surface area (TPSA) is 40.2 Å². The van der Waals surface area contributed by atoms with E-state index < -0.39 is 7.32 Å². The van der Waals surface area contributed by atoms with Crippen LogP contribution >= 0.6 is 15.9 Å². The van der Waals surface area contributed by atoms with Gasteiger partial charge in [-0.15, -0.1) is 0 Å². The SMILES string of the molecule is Brc1ccc(OC[C@H]2CN3CCOB(OCC3)O2)cc1. The zero-order valence-corrected chi connectivity index (χ0v) is 12.8. The molecule has 3 heterocycles. The van der Waals surface area contributed by atoms with Crippen LogP contribution < -0.4 is 4.74 Å². The van der Waals surface area contributed by atoms with Gasteiger partial charge in [0, 0.05) is 37.3 Å². The monoisotopic (exact) mass is 341 g/mol. The fourth-order valence-corrected chi connectivity index (χ4v) is 2.54. The van der Waals surface area contributed by atoms with Gasteiger partial charge in [0.2, 0.25) is 0 Å². The van der Waals surface area contributed by atoms with Gasteiger partial charge in [-0.2, -0.15) is 0 Å². The van der Waals surface area contributed by atoms with Crippen LogP contribution in [0, 0.1) is 0 Å². The minimum absolute atomic E-state index is 0.0516. The molecule has 5 nitrogen and oxygen atoms in total. The minimum Gasteiger partial charge on any atom is -0.491 e. The third-order valence-electron chi connectivity index (χ3n) is 3.34. The van der Waals surface area contributed by atoms with Gasteiger partial charge in [-0.3, -0.25) is 4.90 Å². The van der Waals surface area contributed by atoms with Gasteiger partial charge < -0.3 is 18.7 Å². The van der Waals surface area contributed by atoms with E-state index in [-0.39, 0.29) is 6.10 Å². The second-order valence-electron chi connectivity index (χ2n) is 4.85. The number of nitrogens with zero attached hydrogens (tertiary/aromatic N) is 1. The third kappa shape index (κ3) is 3.96. The first-order valence-electron chi connectivity index (χ1n) is 6.79. The molecule has 0 N–H and O–H groups in total. The molecule has 0 radical (unpaired) electrons. The summed E-state index contributed by atoms with van der Waals surface area (Å²) in [7, 11) is -0.559. The van der Waals surface area contributed by atoms with E-state index >= 15 is 0 Å². The largest absolute Gasteiger partial charge is 0.639 e. The Balaban J connectivity index is 1.57. The summed E-state index contributed by atoms with van der Waals surface area (Å²) in [4.78, 5) is 2.28. The lowest BCUT2D eigenvalue weighted by molar-refractivity contribution is -0.0321. The number of hydrogen-bond acceptors (Lipinski definition) is 5. The second-order valence-corrected chi connectivity index (χ2v) is 5.77. The number of halogens is 1. The van der Waals surface area contributed by atoms with Crippen LogP contribution in [-0.4, -0.2) is 57.8 Å². The van der Waals surface area contributed by atoms with E-state index in [4.69, 9.17) is 18.7 Å². The summed E-state index contributed by atoms with van der Waals surface area (Å²) in [6.45, 7) is 4.45. The van der Waals surface area contributed by atoms with Gasteiger partial charge in [0.15, 0.2) is 0 Å². The number of fused-ring (bicyclic) bond motifs is 6. The standard InChI is InChI=1S/C13H17BBrNO4/c15-11-1-3-12(4-2-11)17-10-13-9-16-5-7-18-14(20-13)19-8-6-16/h1-4,13H,5-10H2/t13-/m1/s1. The summed E-state index contributed by atoms with van der Waals surface area (Å²) in [6, 6.07) is 7.78. The van der Waals surface area contributed by atoms with E-state index in [0.29, 0.717) is 19.8 Å². The van der Waals surface area contributed by atoms with E-state index in [2.05, 4.69) is 20.8 Å². The summed E-state index contributed by atoms with van der Waals surface area (Å²) < 4.78 is 23.6. The highest BCUT2D eigenvalue weighted by Crippen LogP contribution is 2.17. The summed E-state index contributed by atoms with van der Waals surface area (Å²) in [5.74, 6) is 0.834. The number of rotatable bonds is 3. The van der Waals surface area contributed by atoms with Crippen molar-refractivity contribution in [3.63, 3.8) is 0 Å². The van der Waals surface area contributed by atoms with Crippen LogP contribution in [0.1, 0.15) is 0 Å². The molecule has 4 rings (SSSR count). The predicted octanol–water partition coefficient (Wildman–Crippen LogP) is 1.56. The molecule has 1 aromatic rings. The lowest BCUT2D eigenvalue weighted by Gasteiger charge is -2.34. The van der Waals surface area contributed by atoms with Crippen molar-refractivity contribution in [3.05, 3.63) is 28.7 Å². The molecule has 0 unspecified atom stereocenters. The van der Waals surface area contributed by atoms with Crippen LogP contribution in [0.5, 0.6) is 5.75 Å². The van der Waals surface area contributed by atoms with Crippen molar-refractivity contribution in [2.75, 3.05) is 39.5 Å². The Labute approximate surface area is 127 Å². The molecule has 0 saturated carbocycles. The van der Waals surface area contributed by atoms with E-state index in [1.165, 1.54) is 0 Å². The molecule has 0 aliphatic carbocycles. The maximum absolute atomic E-state index is 5.79. The first-order chi connectivity index (χ1) is 9.79. The van der Waals surface area contributed by atoms with Crippen LogP contribution in [-0.2, 0) is 14.0 Å². The molecule has 1 atom stereocenters. The van der Waals surface area contributed by atoms with E-state index in [1.807, 2.05) is 24.3 Å². The molecule has 3 saturated heterocycles. The Hall–Kier alpha value is -0.595. The maximum Gasteiger partial charge on any atom is 0.639 e. The highest BCUT2D eigenvalue weighted by atomic mass is 79.9. The van der Waals surface area contributed by atoms with Crippen LogP contribution in [0.25, 0.3) is 0 Å². The van der Waals surface area contributed by atoms with Crippen molar-refractivity contribution >= 4 is 23.3 Å². The highest BCUT2D eigenvalue weighted by Gasteiger charge is 2.32. The number of benzene rings is 1. The molecule has 3 aliphatic heterocycles. The molecule has 20 heavy (non-hydrogen) atoms. The molecule has 1 aromatic carbocycles. The Morgan fingerprint density at radius 1 is 1.20 bits per heavy atom. The number of hydrogen-bond donors (Lipinski definition) is 0. The summed E-state index contributed by atoms with van der Waals surface area (Å²) in [5, 5.41) is 0. The van der Waals surface area contributed by atoms with Gasteiger partial charge in [0.25, 0.3) is 0 Å². The van der Waals surface area contributed by atoms with E-state index in [1.54, 1.807) is 0 Å². The quantitative estimate of drug-likeness (QED) is 0.780. The molecule has 0 spiro atoms. The summed E-state index contributed by atoms with van der Waals surface area (Å²) >= 11 is 3.40. The van der Waals surface area contributed by atoms with E-state index in [0.717, 1.165) is 29.9 Å². The van der Waals surface area contributed by atoms with Crippen molar-refractivity contribution in [1.82, 2.24) is 4.90 Å². The second kappa shape index (κ2) is 6.91. The summed E-state index contributed by atoms with van der Waals surface area (Å²) in [5.41, 5.74) is 0.